The van der Waals surface area contributed by atoms with Crippen LogP contribution >= 0.6 is 0 Å². The number of ether oxygens (including phenoxy) is 1. The molecule has 0 fully saturated rings. The molecule has 0 spiro atoms. The summed E-state index contributed by atoms with van der Waals surface area (Å²) in [4.78, 5) is 17.0. The lowest BCUT2D eigenvalue weighted by molar-refractivity contribution is -0.119. The molecule has 0 aliphatic heterocycles. The molecule has 0 aliphatic rings. The first kappa shape index (κ1) is 18.3. The summed E-state index contributed by atoms with van der Waals surface area (Å²) >= 11 is 0. The zero-order valence-electron chi connectivity index (χ0n) is 13.0. The number of amides is 1. The van der Waals surface area contributed by atoms with E-state index in [4.69, 9.17) is 4.74 Å². The van der Waals surface area contributed by atoms with E-state index in [9.17, 15) is 13.2 Å². The van der Waals surface area contributed by atoms with Gasteiger partial charge in [-0.15, -0.1) is 0 Å². The molecule has 0 radical (unpaired) electrons. The highest BCUT2D eigenvalue weighted by molar-refractivity contribution is 7.89. The number of carbonyl (C=O) groups is 1. The fraction of sp³-hybridized carbons (Fsp3) is 0.538. The normalized spacial score (nSPS) is 11.2. The minimum absolute atomic E-state index is 0.0881. The molecule has 1 amide bonds. The van der Waals surface area contributed by atoms with Crippen molar-refractivity contribution in [1.29, 1.82) is 0 Å². The number of anilines is 1. The molecule has 2 N–H and O–H groups in total. The third-order valence-corrected chi connectivity index (χ3v) is 4.14. The Kier molecular flexibility index (Phi) is 7.22. The Morgan fingerprint density at radius 3 is 2.77 bits per heavy atom. The molecule has 1 aromatic heterocycles. The molecule has 0 bridgehead atoms. The van der Waals surface area contributed by atoms with E-state index in [0.717, 1.165) is 0 Å². The predicted octanol–water partition coefficient (Wildman–Crippen LogP) is -0.421. The van der Waals surface area contributed by atoms with Gasteiger partial charge in [0, 0.05) is 27.2 Å². The number of sulfonamides is 1. The second-order valence-electron chi connectivity index (χ2n) is 4.46. The first-order chi connectivity index (χ1) is 10.4. The van der Waals surface area contributed by atoms with E-state index >= 15 is 0 Å². The molecular weight excluding hydrogens is 308 g/mol. The van der Waals surface area contributed by atoms with Crippen LogP contribution in [0.25, 0.3) is 0 Å². The Balaban J connectivity index is 2.79. The zero-order chi connectivity index (χ0) is 16.6. The maximum absolute atomic E-state index is 12.1. The Morgan fingerprint density at radius 1 is 1.41 bits per heavy atom. The largest absolute Gasteiger partial charge is 0.380 e. The van der Waals surface area contributed by atoms with E-state index in [1.165, 1.54) is 13.1 Å². The van der Waals surface area contributed by atoms with Crippen LogP contribution in [-0.2, 0) is 19.6 Å². The van der Waals surface area contributed by atoms with Crippen LogP contribution in [0.3, 0.4) is 0 Å². The van der Waals surface area contributed by atoms with Gasteiger partial charge in [0.25, 0.3) is 10.0 Å². The highest BCUT2D eigenvalue weighted by atomic mass is 32.2. The third kappa shape index (κ3) is 5.58. The summed E-state index contributed by atoms with van der Waals surface area (Å²) in [6, 6.07) is 4.63. The van der Waals surface area contributed by atoms with Crippen molar-refractivity contribution in [3.05, 3.63) is 18.2 Å². The van der Waals surface area contributed by atoms with Crippen LogP contribution in [0.4, 0.5) is 5.82 Å². The number of hydrogen-bond donors (Lipinski definition) is 2. The van der Waals surface area contributed by atoms with Gasteiger partial charge in [0.15, 0.2) is 5.03 Å². The number of nitrogens with one attached hydrogen (secondary N) is 2. The minimum atomic E-state index is -3.70. The predicted molar refractivity (Wildman–Crippen MR) is 83.3 cm³/mol. The van der Waals surface area contributed by atoms with Crippen molar-refractivity contribution in [1.82, 2.24) is 15.0 Å². The first-order valence-corrected chi connectivity index (χ1v) is 8.35. The highest BCUT2D eigenvalue weighted by Gasteiger charge is 2.17. The Morgan fingerprint density at radius 2 is 2.14 bits per heavy atom. The van der Waals surface area contributed by atoms with E-state index < -0.39 is 10.0 Å². The van der Waals surface area contributed by atoms with Crippen molar-refractivity contribution in [2.45, 2.75) is 11.9 Å². The van der Waals surface area contributed by atoms with Gasteiger partial charge in [0.1, 0.15) is 5.82 Å². The molecule has 124 valence electrons. The summed E-state index contributed by atoms with van der Waals surface area (Å²) in [5.74, 6) is 0.212. The Hall–Kier alpha value is -1.71. The fourth-order valence-corrected chi connectivity index (χ4v) is 2.58. The van der Waals surface area contributed by atoms with Crippen molar-refractivity contribution in [3.8, 4) is 0 Å². The van der Waals surface area contributed by atoms with Crippen LogP contribution in [0.5, 0.6) is 0 Å². The monoisotopic (exact) mass is 330 g/mol. The molecule has 0 saturated carbocycles. The van der Waals surface area contributed by atoms with Gasteiger partial charge in [0.2, 0.25) is 5.91 Å². The number of likely N-dealkylation sites (N-methyl/N-ethyl adjacent to an activating group) is 2. The van der Waals surface area contributed by atoms with Crippen molar-refractivity contribution >= 4 is 21.7 Å². The van der Waals surface area contributed by atoms with E-state index in [2.05, 4.69) is 15.0 Å². The van der Waals surface area contributed by atoms with Gasteiger partial charge < -0.3 is 15.0 Å². The summed E-state index contributed by atoms with van der Waals surface area (Å²) in [5, 5.41) is 2.41. The molecular formula is C13H22N4O4S. The molecule has 1 rings (SSSR count). The van der Waals surface area contributed by atoms with E-state index in [1.807, 2.05) is 6.92 Å². The molecule has 22 heavy (non-hydrogen) atoms. The maximum Gasteiger partial charge on any atom is 0.258 e. The van der Waals surface area contributed by atoms with Gasteiger partial charge in [-0.05, 0) is 19.1 Å². The Labute approximate surface area is 130 Å². The summed E-state index contributed by atoms with van der Waals surface area (Å²) < 4.78 is 31.7. The number of nitrogens with zero attached hydrogens (tertiary/aromatic N) is 2. The second kappa shape index (κ2) is 8.66. The van der Waals surface area contributed by atoms with Crippen LogP contribution in [0, 0.1) is 0 Å². The van der Waals surface area contributed by atoms with Crippen molar-refractivity contribution in [3.63, 3.8) is 0 Å². The van der Waals surface area contributed by atoms with Gasteiger partial charge in [-0.25, -0.2) is 18.1 Å². The lowest BCUT2D eigenvalue weighted by Crippen LogP contribution is -2.34. The quantitative estimate of drug-likeness (QED) is 0.597. The smallest absolute Gasteiger partial charge is 0.258 e. The van der Waals surface area contributed by atoms with E-state index in [-0.39, 0.29) is 24.0 Å². The lowest BCUT2D eigenvalue weighted by atomic mass is 10.4. The van der Waals surface area contributed by atoms with Crippen molar-refractivity contribution in [2.24, 2.45) is 0 Å². The molecule has 8 nitrogen and oxygen atoms in total. The number of hydrogen-bond acceptors (Lipinski definition) is 6. The van der Waals surface area contributed by atoms with Crippen LogP contribution < -0.4 is 14.9 Å². The lowest BCUT2D eigenvalue weighted by Gasteiger charge is -2.17. The molecule has 0 aliphatic carbocycles. The number of rotatable bonds is 9. The van der Waals surface area contributed by atoms with E-state index in [0.29, 0.717) is 19.0 Å². The van der Waals surface area contributed by atoms with Crippen LogP contribution in [0.1, 0.15) is 6.92 Å². The number of aromatic nitrogens is 1. The average Bonchev–Trinajstić information content (AvgIpc) is 2.51. The van der Waals surface area contributed by atoms with Crippen molar-refractivity contribution in [2.75, 3.05) is 45.3 Å². The summed E-state index contributed by atoms with van der Waals surface area (Å²) in [6.07, 6.45) is 0. The van der Waals surface area contributed by atoms with Crippen molar-refractivity contribution < 1.29 is 17.9 Å². The van der Waals surface area contributed by atoms with E-state index in [1.54, 1.807) is 24.1 Å². The summed E-state index contributed by atoms with van der Waals surface area (Å²) in [7, 11) is -0.501. The minimum Gasteiger partial charge on any atom is -0.380 e. The molecule has 1 aromatic rings. The zero-order valence-corrected chi connectivity index (χ0v) is 13.8. The van der Waals surface area contributed by atoms with Crippen LogP contribution in [0.15, 0.2) is 23.2 Å². The second-order valence-corrected chi connectivity index (χ2v) is 6.17. The number of pyridine rings is 1. The van der Waals surface area contributed by atoms with Gasteiger partial charge in [-0.1, -0.05) is 6.07 Å². The molecule has 9 heteroatoms. The third-order valence-electron chi connectivity index (χ3n) is 2.78. The highest BCUT2D eigenvalue weighted by Crippen LogP contribution is 2.13. The first-order valence-electron chi connectivity index (χ1n) is 6.87. The molecule has 0 saturated heterocycles. The topological polar surface area (TPSA) is 101 Å². The molecule has 0 atom stereocenters. The fourth-order valence-electron chi connectivity index (χ4n) is 1.61. The standard InChI is InChI=1S/C13H22N4O4S/c1-4-21-9-8-15-22(19,20)13-7-5-6-11(16-13)17(3)10-12(18)14-2/h5-7,15H,4,8-10H2,1-3H3,(H,14,18). The molecule has 0 unspecified atom stereocenters. The van der Waals surface area contributed by atoms with Gasteiger partial charge in [-0.2, -0.15) is 0 Å². The Bertz CT molecular complexity index is 591. The summed E-state index contributed by atoms with van der Waals surface area (Å²) in [5.41, 5.74) is 0. The molecule has 1 heterocycles. The van der Waals surface area contributed by atoms with Gasteiger partial charge in [0.05, 0.1) is 13.2 Å². The molecule has 0 aromatic carbocycles. The average molecular weight is 330 g/mol. The van der Waals surface area contributed by atoms with Crippen LogP contribution in [0.2, 0.25) is 0 Å². The van der Waals surface area contributed by atoms with Gasteiger partial charge >= 0.3 is 0 Å². The SMILES string of the molecule is CCOCCNS(=O)(=O)c1cccc(N(C)CC(=O)NC)n1. The summed E-state index contributed by atoms with van der Waals surface area (Å²) in [6.45, 7) is 2.93. The number of carbonyl (C=O) groups excluding carboxylic acids is 1. The van der Waals surface area contributed by atoms with Gasteiger partial charge in [-0.3, -0.25) is 4.79 Å². The maximum atomic E-state index is 12.1. The van der Waals surface area contributed by atoms with Crippen LogP contribution in [-0.4, -0.2) is 59.7 Å².